The van der Waals surface area contributed by atoms with Crippen molar-refractivity contribution in [1.82, 2.24) is 9.97 Å². The minimum Gasteiger partial charge on any atom is -0.385 e. The van der Waals surface area contributed by atoms with Gasteiger partial charge in [-0.15, -0.1) is 0 Å². The number of rotatable bonds is 7. The molecule has 0 aromatic carbocycles. The number of nitrogen functional groups attached to an aromatic ring is 2. The minimum absolute atomic E-state index is 0.203. The number of methoxy groups -OCH3 is 1. The summed E-state index contributed by atoms with van der Waals surface area (Å²) in [5.41, 5.74) is 8.41. The standard InChI is InChI=1S/C11H20N6O/c1-18-5-4-11(2-3-11)7-14-8-6-9(17-13)16-10(12)15-8/h6H,2-5,7,13H2,1H3,(H4,12,14,15,16,17). The first-order chi connectivity index (χ1) is 8.67. The maximum absolute atomic E-state index is 5.59. The zero-order valence-corrected chi connectivity index (χ0v) is 10.6. The van der Waals surface area contributed by atoms with Gasteiger partial charge in [-0.1, -0.05) is 0 Å². The molecule has 0 saturated heterocycles. The van der Waals surface area contributed by atoms with Crippen LogP contribution in [0.5, 0.6) is 0 Å². The molecule has 7 heteroatoms. The Bertz CT molecular complexity index is 407. The van der Waals surface area contributed by atoms with Crippen molar-refractivity contribution in [3.63, 3.8) is 0 Å². The van der Waals surface area contributed by atoms with E-state index in [-0.39, 0.29) is 5.95 Å². The summed E-state index contributed by atoms with van der Waals surface area (Å²) in [6, 6.07) is 1.74. The highest BCUT2D eigenvalue weighted by atomic mass is 16.5. The lowest BCUT2D eigenvalue weighted by atomic mass is 10.0. The molecule has 1 aliphatic carbocycles. The molecule has 0 spiro atoms. The number of nitrogens with one attached hydrogen (secondary N) is 2. The zero-order chi connectivity index (χ0) is 13.0. The second-order valence-electron chi connectivity index (χ2n) is 4.74. The van der Waals surface area contributed by atoms with Crippen LogP contribution < -0.4 is 22.3 Å². The summed E-state index contributed by atoms with van der Waals surface area (Å²) in [5, 5.41) is 3.29. The highest BCUT2D eigenvalue weighted by molar-refractivity contribution is 5.50. The third-order valence-electron chi connectivity index (χ3n) is 3.33. The van der Waals surface area contributed by atoms with Gasteiger partial charge in [-0.25, -0.2) is 5.84 Å². The minimum atomic E-state index is 0.203. The van der Waals surface area contributed by atoms with Gasteiger partial charge in [0.25, 0.3) is 0 Å². The van der Waals surface area contributed by atoms with Crippen LogP contribution in [0.1, 0.15) is 19.3 Å². The fraction of sp³-hybridized carbons (Fsp3) is 0.636. The third kappa shape index (κ3) is 3.21. The third-order valence-corrected chi connectivity index (χ3v) is 3.33. The Hall–Kier alpha value is -1.60. The zero-order valence-electron chi connectivity index (χ0n) is 10.6. The highest BCUT2D eigenvalue weighted by Crippen LogP contribution is 2.48. The molecule has 100 valence electrons. The molecule has 0 atom stereocenters. The summed E-state index contributed by atoms with van der Waals surface area (Å²) in [4.78, 5) is 8.05. The smallest absolute Gasteiger partial charge is 0.223 e. The van der Waals surface area contributed by atoms with Crippen LogP contribution in [-0.4, -0.2) is 30.2 Å². The van der Waals surface area contributed by atoms with Crippen LogP contribution in [-0.2, 0) is 4.74 Å². The van der Waals surface area contributed by atoms with Gasteiger partial charge in [-0.3, -0.25) is 0 Å². The molecule has 18 heavy (non-hydrogen) atoms. The van der Waals surface area contributed by atoms with E-state index in [0.29, 0.717) is 17.1 Å². The maximum atomic E-state index is 5.59. The molecule has 0 bridgehead atoms. The first kappa shape index (κ1) is 12.8. The predicted octanol–water partition coefficient (Wildman–Crippen LogP) is 0.573. The quantitative estimate of drug-likeness (QED) is 0.414. The van der Waals surface area contributed by atoms with E-state index in [2.05, 4.69) is 20.7 Å². The van der Waals surface area contributed by atoms with E-state index in [0.717, 1.165) is 19.6 Å². The number of ether oxygens (including phenoxy) is 1. The lowest BCUT2D eigenvalue weighted by Gasteiger charge is -2.16. The summed E-state index contributed by atoms with van der Waals surface area (Å²) >= 11 is 0. The summed E-state index contributed by atoms with van der Waals surface area (Å²) in [6.45, 7) is 1.67. The molecular weight excluding hydrogens is 232 g/mol. The van der Waals surface area contributed by atoms with Crippen molar-refractivity contribution in [2.75, 3.05) is 36.7 Å². The summed E-state index contributed by atoms with van der Waals surface area (Å²) in [6.07, 6.45) is 3.52. The van der Waals surface area contributed by atoms with Crippen LogP contribution in [0, 0.1) is 5.41 Å². The second-order valence-corrected chi connectivity index (χ2v) is 4.74. The number of aromatic nitrogens is 2. The lowest BCUT2D eigenvalue weighted by Crippen LogP contribution is -2.19. The molecule has 0 amide bonds. The van der Waals surface area contributed by atoms with Crippen molar-refractivity contribution in [3.05, 3.63) is 6.07 Å². The van der Waals surface area contributed by atoms with Gasteiger partial charge in [0.05, 0.1) is 0 Å². The van der Waals surface area contributed by atoms with Crippen LogP contribution in [0.25, 0.3) is 0 Å². The largest absolute Gasteiger partial charge is 0.385 e. The van der Waals surface area contributed by atoms with Crippen molar-refractivity contribution in [2.45, 2.75) is 19.3 Å². The van der Waals surface area contributed by atoms with E-state index in [9.17, 15) is 0 Å². The summed E-state index contributed by atoms with van der Waals surface area (Å²) in [5.74, 6) is 6.71. The molecule has 2 rings (SSSR count). The van der Waals surface area contributed by atoms with Crippen molar-refractivity contribution < 1.29 is 4.74 Å². The molecular formula is C11H20N6O. The predicted molar refractivity (Wildman–Crippen MR) is 70.9 cm³/mol. The second kappa shape index (κ2) is 5.36. The molecule has 1 aromatic heterocycles. The molecule has 1 heterocycles. The lowest BCUT2D eigenvalue weighted by molar-refractivity contribution is 0.175. The van der Waals surface area contributed by atoms with Crippen molar-refractivity contribution >= 4 is 17.6 Å². The average Bonchev–Trinajstić information content (AvgIpc) is 3.14. The molecule has 0 radical (unpaired) electrons. The van der Waals surface area contributed by atoms with Crippen LogP contribution in [0.2, 0.25) is 0 Å². The fourth-order valence-corrected chi connectivity index (χ4v) is 1.92. The van der Waals surface area contributed by atoms with Crippen LogP contribution in [0.15, 0.2) is 6.07 Å². The van der Waals surface area contributed by atoms with Crippen molar-refractivity contribution in [2.24, 2.45) is 11.3 Å². The van der Waals surface area contributed by atoms with E-state index in [1.165, 1.54) is 12.8 Å². The van der Waals surface area contributed by atoms with E-state index in [4.69, 9.17) is 16.3 Å². The van der Waals surface area contributed by atoms with Gasteiger partial charge < -0.3 is 21.2 Å². The van der Waals surface area contributed by atoms with Gasteiger partial charge >= 0.3 is 0 Å². The van der Waals surface area contributed by atoms with Gasteiger partial charge in [-0.05, 0) is 24.7 Å². The van der Waals surface area contributed by atoms with Gasteiger partial charge in [0, 0.05) is 26.3 Å². The maximum Gasteiger partial charge on any atom is 0.223 e. The Balaban J connectivity index is 1.92. The molecule has 1 aromatic rings. The summed E-state index contributed by atoms with van der Waals surface area (Å²) < 4.78 is 5.13. The van der Waals surface area contributed by atoms with Gasteiger partial charge in [-0.2, -0.15) is 9.97 Å². The molecule has 1 fully saturated rings. The molecule has 1 saturated carbocycles. The Morgan fingerprint density at radius 1 is 1.39 bits per heavy atom. The van der Waals surface area contributed by atoms with Gasteiger partial charge in [0.15, 0.2) is 0 Å². The summed E-state index contributed by atoms with van der Waals surface area (Å²) in [7, 11) is 1.73. The molecule has 7 nitrogen and oxygen atoms in total. The van der Waals surface area contributed by atoms with E-state index >= 15 is 0 Å². The Labute approximate surface area is 106 Å². The Kier molecular flexibility index (Phi) is 3.83. The van der Waals surface area contributed by atoms with Gasteiger partial charge in [0.2, 0.25) is 5.95 Å². The van der Waals surface area contributed by atoms with E-state index in [1.807, 2.05) is 0 Å². The molecule has 0 unspecified atom stereocenters. The van der Waals surface area contributed by atoms with Crippen LogP contribution >= 0.6 is 0 Å². The van der Waals surface area contributed by atoms with Gasteiger partial charge in [0.1, 0.15) is 11.6 Å². The fourth-order valence-electron chi connectivity index (χ4n) is 1.92. The monoisotopic (exact) mass is 252 g/mol. The first-order valence-electron chi connectivity index (χ1n) is 6.01. The molecule has 1 aliphatic rings. The average molecular weight is 252 g/mol. The topological polar surface area (TPSA) is 111 Å². The van der Waals surface area contributed by atoms with Crippen molar-refractivity contribution in [1.29, 1.82) is 0 Å². The molecule has 6 N–H and O–H groups in total. The Morgan fingerprint density at radius 2 is 2.11 bits per heavy atom. The van der Waals surface area contributed by atoms with Crippen LogP contribution in [0.4, 0.5) is 17.6 Å². The Morgan fingerprint density at radius 3 is 2.72 bits per heavy atom. The van der Waals surface area contributed by atoms with Crippen LogP contribution in [0.3, 0.4) is 0 Å². The van der Waals surface area contributed by atoms with E-state index in [1.54, 1.807) is 13.2 Å². The number of nitrogens with two attached hydrogens (primary N) is 2. The SMILES string of the molecule is COCCC1(CNc2cc(NN)nc(N)n2)CC1. The number of hydrogen-bond acceptors (Lipinski definition) is 7. The first-order valence-corrected chi connectivity index (χ1v) is 6.01. The van der Waals surface area contributed by atoms with E-state index < -0.39 is 0 Å². The number of nitrogens with zero attached hydrogens (tertiary/aromatic N) is 2. The molecule has 0 aliphatic heterocycles. The normalized spacial score (nSPS) is 16.3. The number of hydrogen-bond donors (Lipinski definition) is 4. The number of anilines is 3. The number of hydrazine groups is 1. The van der Waals surface area contributed by atoms with Crippen molar-refractivity contribution in [3.8, 4) is 0 Å². The highest BCUT2D eigenvalue weighted by Gasteiger charge is 2.41.